The third-order valence-corrected chi connectivity index (χ3v) is 4.16. The SMILES string of the molecule is CN=C(NCCc1cccc(F)c1F)NCc1ccc(C)cc1OCCOC. The van der Waals surface area contributed by atoms with Crippen LogP contribution < -0.4 is 15.4 Å². The second-order valence-corrected chi connectivity index (χ2v) is 6.27. The molecule has 0 radical (unpaired) electrons. The van der Waals surface area contributed by atoms with Crippen LogP contribution in [-0.2, 0) is 17.7 Å². The first-order valence-electron chi connectivity index (χ1n) is 9.13. The largest absolute Gasteiger partial charge is 0.491 e. The molecule has 0 spiro atoms. The van der Waals surface area contributed by atoms with Crippen LogP contribution >= 0.6 is 0 Å². The number of hydrogen-bond donors (Lipinski definition) is 2. The van der Waals surface area contributed by atoms with Gasteiger partial charge >= 0.3 is 0 Å². The second-order valence-electron chi connectivity index (χ2n) is 6.27. The van der Waals surface area contributed by atoms with E-state index >= 15 is 0 Å². The molecule has 0 aromatic heterocycles. The van der Waals surface area contributed by atoms with Crippen LogP contribution in [0.3, 0.4) is 0 Å². The van der Waals surface area contributed by atoms with Crippen LogP contribution in [0.2, 0.25) is 0 Å². The van der Waals surface area contributed by atoms with E-state index in [4.69, 9.17) is 9.47 Å². The van der Waals surface area contributed by atoms with Crippen molar-refractivity contribution in [3.63, 3.8) is 0 Å². The van der Waals surface area contributed by atoms with Gasteiger partial charge in [-0.1, -0.05) is 24.3 Å². The van der Waals surface area contributed by atoms with Crippen molar-refractivity contribution in [2.45, 2.75) is 19.9 Å². The van der Waals surface area contributed by atoms with Gasteiger partial charge in [0.25, 0.3) is 0 Å². The highest BCUT2D eigenvalue weighted by Gasteiger charge is 2.08. The smallest absolute Gasteiger partial charge is 0.191 e. The number of aliphatic imine (C=N–C) groups is 1. The fourth-order valence-corrected chi connectivity index (χ4v) is 2.63. The van der Waals surface area contributed by atoms with Gasteiger partial charge in [-0.15, -0.1) is 0 Å². The summed E-state index contributed by atoms with van der Waals surface area (Å²) in [4.78, 5) is 4.16. The molecule has 0 amide bonds. The van der Waals surface area contributed by atoms with Crippen molar-refractivity contribution < 1.29 is 18.3 Å². The molecular formula is C21H27F2N3O2. The molecule has 0 aliphatic rings. The van der Waals surface area contributed by atoms with Crippen LogP contribution in [0.1, 0.15) is 16.7 Å². The van der Waals surface area contributed by atoms with E-state index in [0.29, 0.717) is 44.2 Å². The van der Waals surface area contributed by atoms with E-state index in [0.717, 1.165) is 22.9 Å². The summed E-state index contributed by atoms with van der Waals surface area (Å²) in [5.41, 5.74) is 2.42. The Kier molecular flexibility index (Phi) is 8.68. The molecule has 7 heteroatoms. The molecule has 2 aromatic carbocycles. The number of halogens is 2. The first-order chi connectivity index (χ1) is 13.5. The quantitative estimate of drug-likeness (QED) is 0.392. The van der Waals surface area contributed by atoms with Crippen LogP contribution in [0.25, 0.3) is 0 Å². The van der Waals surface area contributed by atoms with Crippen molar-refractivity contribution in [3.8, 4) is 5.75 Å². The Hall–Kier alpha value is -2.67. The zero-order valence-corrected chi connectivity index (χ0v) is 16.5. The molecule has 0 bridgehead atoms. The number of methoxy groups -OCH3 is 1. The zero-order chi connectivity index (χ0) is 20.4. The van der Waals surface area contributed by atoms with Gasteiger partial charge in [0, 0.05) is 32.8 Å². The lowest BCUT2D eigenvalue weighted by Crippen LogP contribution is -2.38. The minimum atomic E-state index is -0.833. The maximum atomic E-state index is 13.7. The standard InChI is InChI=1S/C21H27F2N3O2/c1-15-7-8-17(19(13-15)28-12-11-27-3)14-26-21(24-2)25-10-9-16-5-4-6-18(22)20(16)23/h4-8,13H,9-12,14H2,1-3H3,(H2,24,25,26). The number of hydrogen-bond acceptors (Lipinski definition) is 3. The number of guanidine groups is 1. The summed E-state index contributed by atoms with van der Waals surface area (Å²) >= 11 is 0. The molecule has 0 aliphatic carbocycles. The number of ether oxygens (including phenoxy) is 2. The van der Waals surface area contributed by atoms with Gasteiger partial charge < -0.3 is 20.1 Å². The summed E-state index contributed by atoms with van der Waals surface area (Å²) in [5.74, 6) is -0.271. The molecule has 2 aromatic rings. The number of benzene rings is 2. The molecule has 28 heavy (non-hydrogen) atoms. The molecule has 0 unspecified atom stereocenters. The van der Waals surface area contributed by atoms with Crippen molar-refractivity contribution in [1.29, 1.82) is 0 Å². The molecule has 152 valence electrons. The van der Waals surface area contributed by atoms with Gasteiger partial charge in [0.05, 0.1) is 6.61 Å². The van der Waals surface area contributed by atoms with E-state index in [1.807, 2.05) is 25.1 Å². The third-order valence-electron chi connectivity index (χ3n) is 4.16. The number of rotatable bonds is 9. The summed E-state index contributed by atoms with van der Waals surface area (Å²) in [6.07, 6.45) is 0.347. The normalized spacial score (nSPS) is 11.4. The van der Waals surface area contributed by atoms with E-state index < -0.39 is 11.6 Å². The van der Waals surface area contributed by atoms with Crippen molar-refractivity contribution >= 4 is 5.96 Å². The predicted octanol–water partition coefficient (Wildman–Crippen LogP) is 3.21. The topological polar surface area (TPSA) is 54.9 Å². The Morgan fingerprint density at radius 3 is 2.64 bits per heavy atom. The van der Waals surface area contributed by atoms with Gasteiger partial charge in [-0.25, -0.2) is 8.78 Å². The van der Waals surface area contributed by atoms with Gasteiger partial charge in [-0.3, -0.25) is 4.99 Å². The molecule has 2 N–H and O–H groups in total. The summed E-state index contributed by atoms with van der Waals surface area (Å²) in [5, 5.41) is 6.32. The predicted molar refractivity (Wildman–Crippen MR) is 107 cm³/mol. The van der Waals surface area contributed by atoms with E-state index in [1.165, 1.54) is 6.07 Å². The number of nitrogens with zero attached hydrogens (tertiary/aromatic N) is 1. The lowest BCUT2D eigenvalue weighted by molar-refractivity contribution is 0.145. The molecule has 2 rings (SSSR count). The fourth-order valence-electron chi connectivity index (χ4n) is 2.63. The maximum absolute atomic E-state index is 13.7. The van der Waals surface area contributed by atoms with Gasteiger partial charge in [0.1, 0.15) is 12.4 Å². The van der Waals surface area contributed by atoms with Gasteiger partial charge in [-0.2, -0.15) is 0 Å². The van der Waals surface area contributed by atoms with Crippen LogP contribution in [0.15, 0.2) is 41.4 Å². The average molecular weight is 391 g/mol. The number of nitrogens with one attached hydrogen (secondary N) is 2. The van der Waals surface area contributed by atoms with Crippen LogP contribution in [-0.4, -0.2) is 39.9 Å². The first kappa shape index (κ1) is 21.6. The summed E-state index contributed by atoms with van der Waals surface area (Å²) < 4.78 is 37.8. The highest BCUT2D eigenvalue weighted by Crippen LogP contribution is 2.20. The lowest BCUT2D eigenvalue weighted by atomic mass is 10.1. The monoisotopic (exact) mass is 391 g/mol. The second kappa shape index (κ2) is 11.2. The molecular weight excluding hydrogens is 364 g/mol. The van der Waals surface area contributed by atoms with E-state index in [-0.39, 0.29) is 0 Å². The Labute approximate surface area is 164 Å². The summed E-state index contributed by atoms with van der Waals surface area (Å²) in [6.45, 7) is 3.92. The minimum absolute atomic E-state index is 0.329. The van der Waals surface area contributed by atoms with Crippen molar-refractivity contribution in [2.75, 3.05) is 33.9 Å². The Morgan fingerprint density at radius 2 is 1.89 bits per heavy atom. The van der Waals surface area contributed by atoms with Gasteiger partial charge in [-0.05, 0) is 36.6 Å². The lowest BCUT2D eigenvalue weighted by Gasteiger charge is -2.15. The summed E-state index contributed by atoms with van der Waals surface area (Å²) in [7, 11) is 3.29. The average Bonchev–Trinajstić information content (AvgIpc) is 2.69. The van der Waals surface area contributed by atoms with Crippen LogP contribution in [0, 0.1) is 18.6 Å². The van der Waals surface area contributed by atoms with Gasteiger partial charge in [0.2, 0.25) is 0 Å². The molecule has 0 saturated carbocycles. The summed E-state index contributed by atoms with van der Waals surface area (Å²) in [6, 6.07) is 10.2. The third kappa shape index (κ3) is 6.49. The molecule has 0 aliphatic heterocycles. The Bertz CT molecular complexity index is 797. The van der Waals surface area contributed by atoms with Crippen molar-refractivity contribution in [3.05, 3.63) is 64.7 Å². The highest BCUT2D eigenvalue weighted by molar-refractivity contribution is 5.79. The maximum Gasteiger partial charge on any atom is 0.191 e. The van der Waals surface area contributed by atoms with Crippen LogP contribution in [0.4, 0.5) is 8.78 Å². The highest BCUT2D eigenvalue weighted by atomic mass is 19.2. The van der Waals surface area contributed by atoms with E-state index in [1.54, 1.807) is 20.2 Å². The van der Waals surface area contributed by atoms with Gasteiger partial charge in [0.15, 0.2) is 17.6 Å². The molecule has 5 nitrogen and oxygen atoms in total. The molecule has 0 fully saturated rings. The van der Waals surface area contributed by atoms with Crippen LogP contribution in [0.5, 0.6) is 5.75 Å². The van der Waals surface area contributed by atoms with E-state index in [9.17, 15) is 8.78 Å². The fraction of sp³-hybridized carbons (Fsp3) is 0.381. The Balaban J connectivity index is 1.89. The number of aryl methyl sites for hydroxylation is 1. The first-order valence-corrected chi connectivity index (χ1v) is 9.13. The zero-order valence-electron chi connectivity index (χ0n) is 16.5. The van der Waals surface area contributed by atoms with Crippen molar-refractivity contribution in [1.82, 2.24) is 10.6 Å². The van der Waals surface area contributed by atoms with Crippen molar-refractivity contribution in [2.24, 2.45) is 4.99 Å². The molecule has 0 atom stereocenters. The molecule has 0 saturated heterocycles. The Morgan fingerprint density at radius 1 is 1.07 bits per heavy atom. The molecule has 0 heterocycles. The minimum Gasteiger partial charge on any atom is -0.491 e. The van der Waals surface area contributed by atoms with E-state index in [2.05, 4.69) is 15.6 Å².